The van der Waals surface area contributed by atoms with Crippen molar-refractivity contribution in [1.29, 1.82) is 0 Å². The van der Waals surface area contributed by atoms with Gasteiger partial charge in [0.15, 0.2) is 9.84 Å². The molecule has 7 nitrogen and oxygen atoms in total. The summed E-state index contributed by atoms with van der Waals surface area (Å²) < 4.78 is 22.9. The lowest BCUT2D eigenvalue weighted by atomic mass is 9.99. The van der Waals surface area contributed by atoms with Gasteiger partial charge >= 0.3 is 12.0 Å². The van der Waals surface area contributed by atoms with Gasteiger partial charge in [0.05, 0.1) is 11.5 Å². The van der Waals surface area contributed by atoms with Crippen molar-refractivity contribution in [3.8, 4) is 0 Å². The fourth-order valence-electron chi connectivity index (χ4n) is 2.20. The first-order valence-corrected chi connectivity index (χ1v) is 8.50. The molecule has 0 aliphatic carbocycles. The van der Waals surface area contributed by atoms with Crippen LogP contribution in [0.2, 0.25) is 0 Å². The van der Waals surface area contributed by atoms with E-state index >= 15 is 0 Å². The molecule has 1 fully saturated rings. The lowest BCUT2D eigenvalue weighted by Gasteiger charge is -2.34. The van der Waals surface area contributed by atoms with E-state index in [-0.39, 0.29) is 24.0 Å². The molecule has 1 rings (SSSR count). The topological polar surface area (TPSA) is 104 Å². The van der Waals surface area contributed by atoms with Crippen molar-refractivity contribution >= 4 is 21.8 Å². The van der Waals surface area contributed by atoms with Gasteiger partial charge in [-0.25, -0.2) is 18.0 Å². The minimum Gasteiger partial charge on any atom is -0.480 e. The number of nitrogens with one attached hydrogen (secondary N) is 1. The van der Waals surface area contributed by atoms with Crippen LogP contribution in [-0.4, -0.2) is 60.6 Å². The zero-order valence-corrected chi connectivity index (χ0v) is 12.8. The second-order valence-electron chi connectivity index (χ2n) is 5.31. The van der Waals surface area contributed by atoms with Gasteiger partial charge in [0.2, 0.25) is 0 Å². The predicted molar refractivity (Wildman–Crippen MR) is 74.2 cm³/mol. The van der Waals surface area contributed by atoms with Gasteiger partial charge in [0, 0.05) is 12.6 Å². The molecular weight excluding hydrogens is 284 g/mol. The third-order valence-electron chi connectivity index (χ3n) is 3.69. The summed E-state index contributed by atoms with van der Waals surface area (Å²) in [7, 11) is -3.10. The summed E-state index contributed by atoms with van der Waals surface area (Å²) >= 11 is 0. The summed E-state index contributed by atoms with van der Waals surface area (Å²) in [5.41, 5.74) is 0. The first-order valence-electron chi connectivity index (χ1n) is 6.68. The number of aliphatic carboxylic acids is 1. The number of hydrogen-bond acceptors (Lipinski definition) is 4. The van der Waals surface area contributed by atoms with Crippen molar-refractivity contribution in [1.82, 2.24) is 10.2 Å². The van der Waals surface area contributed by atoms with E-state index in [0.717, 1.165) is 0 Å². The van der Waals surface area contributed by atoms with Crippen molar-refractivity contribution in [3.63, 3.8) is 0 Å². The normalized spacial score (nSPS) is 24.8. The number of amides is 2. The molecule has 1 aliphatic heterocycles. The molecule has 0 aromatic rings. The smallest absolute Gasteiger partial charge is 0.326 e. The second-order valence-corrected chi connectivity index (χ2v) is 7.54. The largest absolute Gasteiger partial charge is 0.480 e. The van der Waals surface area contributed by atoms with E-state index in [9.17, 15) is 18.0 Å². The minimum atomic E-state index is -3.10. The summed E-state index contributed by atoms with van der Waals surface area (Å²) in [6.07, 6.45) is 0.626. The number of carboxylic acids is 1. The molecule has 1 aliphatic rings. The Morgan fingerprint density at radius 3 is 2.50 bits per heavy atom. The van der Waals surface area contributed by atoms with Crippen LogP contribution < -0.4 is 5.32 Å². The van der Waals surface area contributed by atoms with Crippen LogP contribution in [0.4, 0.5) is 4.79 Å². The van der Waals surface area contributed by atoms with E-state index in [0.29, 0.717) is 6.42 Å². The van der Waals surface area contributed by atoms with Crippen molar-refractivity contribution < 1.29 is 23.1 Å². The zero-order valence-electron chi connectivity index (χ0n) is 12.0. The quantitative estimate of drug-likeness (QED) is 0.778. The monoisotopic (exact) mass is 306 g/mol. The first kappa shape index (κ1) is 16.7. The molecule has 116 valence electrons. The molecule has 1 heterocycles. The van der Waals surface area contributed by atoms with Crippen molar-refractivity contribution in [3.05, 3.63) is 0 Å². The van der Waals surface area contributed by atoms with Crippen molar-refractivity contribution in [2.24, 2.45) is 5.92 Å². The van der Waals surface area contributed by atoms with Crippen LogP contribution in [-0.2, 0) is 14.6 Å². The molecule has 0 aromatic carbocycles. The molecule has 1 saturated heterocycles. The fraction of sp³-hybridized carbons (Fsp3) is 0.833. The summed E-state index contributed by atoms with van der Waals surface area (Å²) in [6, 6.07) is -1.92. The van der Waals surface area contributed by atoms with E-state index < -0.39 is 33.9 Å². The molecule has 20 heavy (non-hydrogen) atoms. The summed E-state index contributed by atoms with van der Waals surface area (Å²) in [5.74, 6) is -1.43. The van der Waals surface area contributed by atoms with Gasteiger partial charge in [-0.3, -0.25) is 0 Å². The summed E-state index contributed by atoms with van der Waals surface area (Å²) in [6.45, 7) is 5.35. The Morgan fingerprint density at radius 1 is 1.45 bits per heavy atom. The fourth-order valence-corrected chi connectivity index (χ4v) is 3.76. The van der Waals surface area contributed by atoms with Crippen LogP contribution >= 0.6 is 0 Å². The highest BCUT2D eigenvalue weighted by Gasteiger charge is 2.34. The molecular formula is C12H22N2O5S. The van der Waals surface area contributed by atoms with Gasteiger partial charge < -0.3 is 15.3 Å². The van der Waals surface area contributed by atoms with E-state index in [1.807, 2.05) is 6.92 Å². The van der Waals surface area contributed by atoms with Crippen LogP contribution in [0.1, 0.15) is 27.2 Å². The molecule has 0 radical (unpaired) electrons. The van der Waals surface area contributed by atoms with Gasteiger partial charge in [0.25, 0.3) is 0 Å². The second kappa shape index (κ2) is 6.43. The van der Waals surface area contributed by atoms with Crippen LogP contribution in [0.15, 0.2) is 0 Å². The van der Waals surface area contributed by atoms with Crippen LogP contribution in [0, 0.1) is 5.92 Å². The van der Waals surface area contributed by atoms with Crippen LogP contribution in [0.25, 0.3) is 0 Å². The van der Waals surface area contributed by atoms with Gasteiger partial charge in [-0.05, 0) is 12.8 Å². The van der Waals surface area contributed by atoms with Gasteiger partial charge in [-0.2, -0.15) is 0 Å². The zero-order chi connectivity index (χ0) is 15.5. The SMILES string of the molecule is CCC(C)C(NC(=O)N1CCS(=O)(=O)CC1C)C(=O)O. The molecule has 0 spiro atoms. The number of carbonyl (C=O) groups is 2. The highest BCUT2D eigenvalue weighted by Crippen LogP contribution is 2.13. The average Bonchev–Trinajstić information content (AvgIpc) is 2.33. The summed E-state index contributed by atoms with van der Waals surface area (Å²) in [5, 5.41) is 11.6. The number of nitrogens with zero attached hydrogens (tertiary/aromatic N) is 1. The third-order valence-corrected chi connectivity index (χ3v) is 5.48. The molecule has 3 unspecified atom stereocenters. The number of carboxylic acid groups (broad SMARTS) is 1. The molecule has 8 heteroatoms. The summed E-state index contributed by atoms with van der Waals surface area (Å²) in [4.78, 5) is 24.7. The van der Waals surface area contributed by atoms with E-state index in [4.69, 9.17) is 5.11 Å². The van der Waals surface area contributed by atoms with Crippen LogP contribution in [0.3, 0.4) is 0 Å². The Morgan fingerprint density at radius 2 is 2.05 bits per heavy atom. The standard InChI is InChI=1S/C12H22N2O5S/c1-4-8(2)10(11(15)16)13-12(17)14-5-6-20(18,19)7-9(14)3/h8-10H,4-7H2,1-3H3,(H,13,17)(H,15,16). The predicted octanol–water partition coefficient (Wildman–Crippen LogP) is 0.314. The number of rotatable bonds is 4. The minimum absolute atomic E-state index is 0.0776. The number of carbonyl (C=O) groups excluding carboxylic acids is 1. The third kappa shape index (κ3) is 4.09. The highest BCUT2D eigenvalue weighted by atomic mass is 32.2. The Balaban J connectivity index is 2.73. The van der Waals surface area contributed by atoms with Gasteiger partial charge in [-0.1, -0.05) is 20.3 Å². The molecule has 3 atom stereocenters. The number of urea groups is 1. The van der Waals surface area contributed by atoms with E-state index in [1.165, 1.54) is 4.90 Å². The van der Waals surface area contributed by atoms with Gasteiger partial charge in [-0.15, -0.1) is 0 Å². The lowest BCUT2D eigenvalue weighted by Crippen LogP contribution is -2.57. The Kier molecular flexibility index (Phi) is 5.38. The average molecular weight is 306 g/mol. The Hall–Kier alpha value is -1.31. The molecule has 0 bridgehead atoms. The lowest BCUT2D eigenvalue weighted by molar-refractivity contribution is -0.140. The molecule has 0 saturated carbocycles. The van der Waals surface area contributed by atoms with Crippen molar-refractivity contribution in [2.45, 2.75) is 39.3 Å². The maximum absolute atomic E-state index is 12.1. The van der Waals surface area contributed by atoms with E-state index in [2.05, 4.69) is 5.32 Å². The Bertz CT molecular complexity index is 476. The van der Waals surface area contributed by atoms with E-state index in [1.54, 1.807) is 13.8 Å². The first-order chi connectivity index (χ1) is 9.18. The maximum atomic E-state index is 12.1. The molecule has 2 N–H and O–H groups in total. The Labute approximate surface area is 119 Å². The number of sulfone groups is 1. The highest BCUT2D eigenvalue weighted by molar-refractivity contribution is 7.91. The number of hydrogen-bond donors (Lipinski definition) is 2. The molecule has 2 amide bonds. The maximum Gasteiger partial charge on any atom is 0.326 e. The van der Waals surface area contributed by atoms with Crippen molar-refractivity contribution in [2.75, 3.05) is 18.1 Å². The van der Waals surface area contributed by atoms with Crippen LogP contribution in [0.5, 0.6) is 0 Å². The van der Waals surface area contributed by atoms with Gasteiger partial charge in [0.1, 0.15) is 6.04 Å². The molecule has 0 aromatic heterocycles.